The van der Waals surface area contributed by atoms with Gasteiger partial charge in [-0.2, -0.15) is 0 Å². The Balaban J connectivity index is 1.76. The molecule has 0 radical (unpaired) electrons. The molecule has 1 heterocycles. The minimum absolute atomic E-state index is 0.0940. The molecule has 3 rings (SSSR count). The number of hydrogen-bond donors (Lipinski definition) is 1. The molecule has 1 amide bonds. The van der Waals surface area contributed by atoms with E-state index in [2.05, 4.69) is 10.3 Å². The number of halogens is 2. The van der Waals surface area contributed by atoms with Crippen molar-refractivity contribution in [2.24, 2.45) is 0 Å². The Labute approximate surface area is 118 Å². The van der Waals surface area contributed by atoms with Crippen molar-refractivity contribution in [3.63, 3.8) is 0 Å². The summed E-state index contributed by atoms with van der Waals surface area (Å²) in [5.74, 6) is -0.287. The van der Waals surface area contributed by atoms with Gasteiger partial charge in [0, 0.05) is 11.3 Å². The molecule has 1 fully saturated rings. The Morgan fingerprint density at radius 1 is 1.47 bits per heavy atom. The van der Waals surface area contributed by atoms with E-state index in [1.165, 1.54) is 36.3 Å². The summed E-state index contributed by atoms with van der Waals surface area (Å²) in [5, 5.41) is 5.28. The van der Waals surface area contributed by atoms with Gasteiger partial charge in [0.15, 0.2) is 5.13 Å². The van der Waals surface area contributed by atoms with Crippen LogP contribution in [0.25, 0.3) is 0 Å². The van der Waals surface area contributed by atoms with Crippen molar-refractivity contribution in [2.45, 2.75) is 18.8 Å². The standard InChI is InChI=1S/C13H10ClFN2OS/c14-10-5-8(15)3-4-9(10)12(18)17-13-16-11(6-19-13)7-1-2-7/h3-7H,1-2H2,(H,16,17,18). The molecule has 1 saturated carbocycles. The number of nitrogens with zero attached hydrogens (tertiary/aromatic N) is 1. The lowest BCUT2D eigenvalue weighted by Crippen LogP contribution is -2.12. The maximum atomic E-state index is 12.9. The highest BCUT2D eigenvalue weighted by atomic mass is 35.5. The van der Waals surface area contributed by atoms with Crippen LogP contribution in [0.5, 0.6) is 0 Å². The van der Waals surface area contributed by atoms with Crippen LogP contribution in [0, 0.1) is 5.82 Å². The molecule has 98 valence electrons. The van der Waals surface area contributed by atoms with Gasteiger partial charge in [0.25, 0.3) is 5.91 Å². The van der Waals surface area contributed by atoms with Crippen molar-refractivity contribution in [3.05, 3.63) is 45.7 Å². The van der Waals surface area contributed by atoms with E-state index in [0.29, 0.717) is 11.0 Å². The van der Waals surface area contributed by atoms with Crippen LogP contribution in [0.4, 0.5) is 9.52 Å². The van der Waals surface area contributed by atoms with Gasteiger partial charge in [-0.15, -0.1) is 11.3 Å². The van der Waals surface area contributed by atoms with Crippen LogP contribution >= 0.6 is 22.9 Å². The number of carbonyl (C=O) groups is 1. The first kappa shape index (κ1) is 12.6. The molecule has 3 nitrogen and oxygen atoms in total. The zero-order chi connectivity index (χ0) is 13.4. The second-order valence-electron chi connectivity index (χ2n) is 4.43. The van der Waals surface area contributed by atoms with E-state index in [1.54, 1.807) is 0 Å². The number of amides is 1. The maximum Gasteiger partial charge on any atom is 0.258 e. The van der Waals surface area contributed by atoms with Gasteiger partial charge in [-0.3, -0.25) is 10.1 Å². The molecule has 0 saturated heterocycles. The van der Waals surface area contributed by atoms with Crippen LogP contribution in [0.3, 0.4) is 0 Å². The Kier molecular flexibility index (Phi) is 3.24. The number of benzene rings is 1. The third kappa shape index (κ3) is 2.77. The van der Waals surface area contributed by atoms with Crippen molar-refractivity contribution >= 4 is 34.0 Å². The lowest BCUT2D eigenvalue weighted by atomic mass is 10.2. The Morgan fingerprint density at radius 3 is 2.95 bits per heavy atom. The lowest BCUT2D eigenvalue weighted by molar-refractivity contribution is 0.102. The third-order valence-electron chi connectivity index (χ3n) is 2.91. The first-order chi connectivity index (χ1) is 9.13. The minimum atomic E-state index is -0.466. The van der Waals surface area contributed by atoms with Gasteiger partial charge in [-0.25, -0.2) is 9.37 Å². The number of aromatic nitrogens is 1. The molecular formula is C13H10ClFN2OS. The SMILES string of the molecule is O=C(Nc1nc(C2CC2)cs1)c1ccc(F)cc1Cl. The summed E-state index contributed by atoms with van der Waals surface area (Å²) in [6.07, 6.45) is 2.34. The van der Waals surface area contributed by atoms with E-state index < -0.39 is 5.82 Å². The quantitative estimate of drug-likeness (QED) is 0.928. The second-order valence-corrected chi connectivity index (χ2v) is 5.70. The molecule has 1 aliphatic carbocycles. The average molecular weight is 297 g/mol. The summed E-state index contributed by atoms with van der Waals surface area (Å²) in [4.78, 5) is 16.3. The smallest absolute Gasteiger partial charge is 0.258 e. The highest BCUT2D eigenvalue weighted by Gasteiger charge is 2.26. The molecule has 0 bridgehead atoms. The first-order valence-corrected chi connectivity index (χ1v) is 7.11. The second kappa shape index (κ2) is 4.90. The van der Waals surface area contributed by atoms with Gasteiger partial charge in [-0.1, -0.05) is 11.6 Å². The van der Waals surface area contributed by atoms with Crippen molar-refractivity contribution in [1.29, 1.82) is 0 Å². The summed E-state index contributed by atoms with van der Waals surface area (Å²) < 4.78 is 12.9. The fourth-order valence-electron chi connectivity index (χ4n) is 1.75. The summed E-state index contributed by atoms with van der Waals surface area (Å²) >= 11 is 7.23. The molecule has 0 unspecified atom stereocenters. The van der Waals surface area contributed by atoms with Crippen LogP contribution in [-0.2, 0) is 0 Å². The van der Waals surface area contributed by atoms with Crippen LogP contribution < -0.4 is 5.32 Å². The molecule has 6 heteroatoms. The maximum absolute atomic E-state index is 12.9. The zero-order valence-electron chi connectivity index (χ0n) is 9.82. The van der Waals surface area contributed by atoms with Gasteiger partial charge in [0.1, 0.15) is 5.82 Å². The number of nitrogens with one attached hydrogen (secondary N) is 1. The van der Waals surface area contributed by atoms with Crippen LogP contribution in [-0.4, -0.2) is 10.9 Å². The van der Waals surface area contributed by atoms with Crippen LogP contribution in [0.2, 0.25) is 5.02 Å². The molecule has 1 N–H and O–H groups in total. The zero-order valence-corrected chi connectivity index (χ0v) is 11.4. The van der Waals surface area contributed by atoms with Gasteiger partial charge in [0.2, 0.25) is 0 Å². The number of thiazole rings is 1. The van der Waals surface area contributed by atoms with Crippen molar-refractivity contribution < 1.29 is 9.18 Å². The fraction of sp³-hybridized carbons (Fsp3) is 0.231. The molecular weight excluding hydrogens is 287 g/mol. The Morgan fingerprint density at radius 2 is 2.26 bits per heavy atom. The normalized spacial score (nSPS) is 14.4. The molecule has 0 aliphatic heterocycles. The first-order valence-electron chi connectivity index (χ1n) is 5.85. The number of anilines is 1. The molecule has 2 aromatic rings. The van der Waals surface area contributed by atoms with E-state index >= 15 is 0 Å². The summed E-state index contributed by atoms with van der Waals surface area (Å²) in [6.45, 7) is 0. The van der Waals surface area contributed by atoms with Crippen molar-refractivity contribution in [2.75, 3.05) is 5.32 Å². The fourth-order valence-corrected chi connectivity index (χ4v) is 2.79. The number of rotatable bonds is 3. The molecule has 0 spiro atoms. The average Bonchev–Trinajstić information content (AvgIpc) is 3.10. The predicted molar refractivity (Wildman–Crippen MR) is 73.5 cm³/mol. The minimum Gasteiger partial charge on any atom is -0.298 e. The number of carbonyl (C=O) groups excluding carboxylic acids is 1. The molecule has 19 heavy (non-hydrogen) atoms. The third-order valence-corrected chi connectivity index (χ3v) is 4.00. The van der Waals surface area contributed by atoms with E-state index in [-0.39, 0.29) is 16.5 Å². The largest absolute Gasteiger partial charge is 0.298 e. The topological polar surface area (TPSA) is 42.0 Å². The molecule has 1 aromatic carbocycles. The van der Waals surface area contributed by atoms with Gasteiger partial charge in [-0.05, 0) is 31.0 Å². The lowest BCUT2D eigenvalue weighted by Gasteiger charge is -2.03. The Bertz CT molecular complexity index is 639. The summed E-state index contributed by atoms with van der Waals surface area (Å²) in [5.41, 5.74) is 1.27. The van der Waals surface area contributed by atoms with E-state index in [4.69, 9.17) is 11.6 Å². The summed E-state index contributed by atoms with van der Waals surface area (Å²) in [6, 6.07) is 3.69. The van der Waals surface area contributed by atoms with Gasteiger partial charge >= 0.3 is 0 Å². The van der Waals surface area contributed by atoms with Crippen LogP contribution in [0.15, 0.2) is 23.6 Å². The van der Waals surface area contributed by atoms with Crippen LogP contribution in [0.1, 0.15) is 34.8 Å². The van der Waals surface area contributed by atoms with E-state index in [0.717, 1.165) is 11.8 Å². The Hall–Kier alpha value is -1.46. The number of hydrogen-bond acceptors (Lipinski definition) is 3. The monoisotopic (exact) mass is 296 g/mol. The van der Waals surface area contributed by atoms with Crippen molar-refractivity contribution in [3.8, 4) is 0 Å². The summed E-state index contributed by atoms with van der Waals surface area (Å²) in [7, 11) is 0. The van der Waals surface area contributed by atoms with E-state index in [1.807, 2.05) is 5.38 Å². The van der Waals surface area contributed by atoms with E-state index in [9.17, 15) is 9.18 Å². The van der Waals surface area contributed by atoms with Gasteiger partial charge < -0.3 is 0 Å². The molecule has 1 aliphatic rings. The predicted octanol–water partition coefficient (Wildman–Crippen LogP) is 4.07. The molecule has 1 aromatic heterocycles. The van der Waals surface area contributed by atoms with Gasteiger partial charge in [0.05, 0.1) is 16.3 Å². The highest BCUT2D eigenvalue weighted by molar-refractivity contribution is 7.14. The molecule has 0 atom stereocenters. The van der Waals surface area contributed by atoms with Crippen molar-refractivity contribution in [1.82, 2.24) is 4.98 Å². The highest BCUT2D eigenvalue weighted by Crippen LogP contribution is 2.40.